The zero-order chi connectivity index (χ0) is 14.4. The number of hydrogen-bond acceptors (Lipinski definition) is 3. The molecule has 0 aliphatic carbocycles. The fourth-order valence-electron chi connectivity index (χ4n) is 2.60. The molecule has 0 spiro atoms. The van der Waals surface area contributed by atoms with Crippen molar-refractivity contribution in [1.82, 2.24) is 10.6 Å². The second kappa shape index (κ2) is 7.29. The molecule has 0 bridgehead atoms. The first-order valence-corrected chi connectivity index (χ1v) is 7.45. The molecule has 1 aromatic rings. The highest BCUT2D eigenvalue weighted by atomic mass is 16.5. The summed E-state index contributed by atoms with van der Waals surface area (Å²) in [6.45, 7) is 5.22. The lowest BCUT2D eigenvalue weighted by Gasteiger charge is -2.26. The van der Waals surface area contributed by atoms with Gasteiger partial charge >= 0.3 is 0 Å². The molecule has 0 saturated heterocycles. The van der Waals surface area contributed by atoms with Crippen LogP contribution in [0.3, 0.4) is 0 Å². The fraction of sp³-hybridized carbons (Fsp3) is 0.562. The smallest absolute Gasteiger partial charge is 0.234 e. The van der Waals surface area contributed by atoms with Crippen LogP contribution in [0.5, 0.6) is 5.75 Å². The summed E-state index contributed by atoms with van der Waals surface area (Å²) in [4.78, 5) is 11.9. The van der Waals surface area contributed by atoms with E-state index in [-0.39, 0.29) is 18.0 Å². The summed E-state index contributed by atoms with van der Waals surface area (Å²) < 4.78 is 5.62. The van der Waals surface area contributed by atoms with Gasteiger partial charge in [-0.25, -0.2) is 0 Å². The summed E-state index contributed by atoms with van der Waals surface area (Å²) in [5, 5.41) is 6.34. The Morgan fingerprint density at radius 3 is 3.05 bits per heavy atom. The predicted molar refractivity (Wildman–Crippen MR) is 79.8 cm³/mol. The summed E-state index contributed by atoms with van der Waals surface area (Å²) in [5.74, 6) is 0.992. The molecule has 20 heavy (non-hydrogen) atoms. The number of fused-ring (bicyclic) bond motifs is 1. The standard InChI is InChI=1S/C16H24N2O2/c1-3-6-12(2)18-16(19)11-17-14-9-10-20-15-8-5-4-7-13(14)15/h4-5,7-8,12,14,17H,3,6,9-11H2,1-2H3,(H,18,19). The third-order valence-corrected chi connectivity index (χ3v) is 3.60. The van der Waals surface area contributed by atoms with E-state index in [1.54, 1.807) is 0 Å². The Bertz CT molecular complexity index is 448. The van der Waals surface area contributed by atoms with Gasteiger partial charge in [-0.1, -0.05) is 31.5 Å². The van der Waals surface area contributed by atoms with Gasteiger partial charge in [0.15, 0.2) is 0 Å². The minimum atomic E-state index is 0.0647. The Morgan fingerprint density at radius 2 is 2.25 bits per heavy atom. The van der Waals surface area contributed by atoms with Crippen molar-refractivity contribution in [2.24, 2.45) is 0 Å². The van der Waals surface area contributed by atoms with Crippen LogP contribution in [-0.2, 0) is 4.79 Å². The molecule has 2 atom stereocenters. The van der Waals surface area contributed by atoms with Crippen LogP contribution >= 0.6 is 0 Å². The van der Waals surface area contributed by atoms with Crippen LogP contribution < -0.4 is 15.4 Å². The molecular formula is C16H24N2O2. The van der Waals surface area contributed by atoms with Gasteiger partial charge in [-0.15, -0.1) is 0 Å². The number of hydrogen-bond donors (Lipinski definition) is 2. The maximum atomic E-state index is 11.9. The highest BCUT2D eigenvalue weighted by Crippen LogP contribution is 2.31. The van der Waals surface area contributed by atoms with E-state index in [9.17, 15) is 4.79 Å². The molecule has 0 saturated carbocycles. The summed E-state index contributed by atoms with van der Waals surface area (Å²) in [7, 11) is 0. The number of carbonyl (C=O) groups excluding carboxylic acids is 1. The number of rotatable bonds is 6. The quantitative estimate of drug-likeness (QED) is 0.839. The molecule has 2 unspecified atom stereocenters. The van der Waals surface area contributed by atoms with Crippen molar-refractivity contribution >= 4 is 5.91 Å². The molecule has 4 nitrogen and oxygen atoms in total. The van der Waals surface area contributed by atoms with E-state index in [0.717, 1.165) is 30.6 Å². The van der Waals surface area contributed by atoms with Crippen LogP contribution in [0.1, 0.15) is 44.7 Å². The first-order valence-electron chi connectivity index (χ1n) is 7.45. The van der Waals surface area contributed by atoms with Crippen LogP contribution in [0, 0.1) is 0 Å². The third-order valence-electron chi connectivity index (χ3n) is 3.60. The number of ether oxygens (including phenoxy) is 1. The molecule has 0 fully saturated rings. The van der Waals surface area contributed by atoms with Gasteiger partial charge in [-0.3, -0.25) is 4.79 Å². The minimum absolute atomic E-state index is 0.0647. The number of carbonyl (C=O) groups is 1. The van der Waals surface area contributed by atoms with E-state index in [0.29, 0.717) is 13.2 Å². The molecule has 1 aliphatic rings. The first-order chi connectivity index (χ1) is 9.70. The molecule has 110 valence electrons. The summed E-state index contributed by atoms with van der Waals surface area (Å²) in [6, 6.07) is 8.46. The monoisotopic (exact) mass is 276 g/mol. The Hall–Kier alpha value is -1.55. The van der Waals surface area contributed by atoms with Gasteiger partial charge in [0.1, 0.15) is 5.75 Å². The summed E-state index contributed by atoms with van der Waals surface area (Å²) in [5.41, 5.74) is 1.15. The van der Waals surface area contributed by atoms with Gasteiger partial charge in [0.05, 0.1) is 13.2 Å². The van der Waals surface area contributed by atoms with Gasteiger partial charge in [0, 0.05) is 24.1 Å². The lowest BCUT2D eigenvalue weighted by atomic mass is 10.0. The maximum Gasteiger partial charge on any atom is 0.234 e. The Morgan fingerprint density at radius 1 is 1.45 bits per heavy atom. The van der Waals surface area contributed by atoms with Crippen molar-refractivity contribution in [3.8, 4) is 5.75 Å². The number of nitrogens with one attached hydrogen (secondary N) is 2. The molecule has 1 aliphatic heterocycles. The first kappa shape index (κ1) is 14.9. The van der Waals surface area contributed by atoms with Gasteiger partial charge in [-0.2, -0.15) is 0 Å². The molecular weight excluding hydrogens is 252 g/mol. The normalized spacial score (nSPS) is 18.8. The van der Waals surface area contributed by atoms with E-state index >= 15 is 0 Å². The topological polar surface area (TPSA) is 50.4 Å². The lowest BCUT2D eigenvalue weighted by molar-refractivity contribution is -0.121. The second-order valence-corrected chi connectivity index (χ2v) is 5.37. The SMILES string of the molecule is CCCC(C)NC(=O)CNC1CCOc2ccccc21. The molecule has 1 aromatic carbocycles. The van der Waals surface area contributed by atoms with Crippen LogP contribution in [0.25, 0.3) is 0 Å². The number of para-hydroxylation sites is 1. The van der Waals surface area contributed by atoms with Gasteiger partial charge in [0.25, 0.3) is 0 Å². The lowest BCUT2D eigenvalue weighted by Crippen LogP contribution is -2.40. The predicted octanol–water partition coefficient (Wildman–Crippen LogP) is 2.40. The minimum Gasteiger partial charge on any atom is -0.493 e. The molecule has 2 rings (SSSR count). The fourth-order valence-corrected chi connectivity index (χ4v) is 2.60. The summed E-state index contributed by atoms with van der Waals surface area (Å²) in [6.07, 6.45) is 3.00. The number of benzene rings is 1. The second-order valence-electron chi connectivity index (χ2n) is 5.37. The van der Waals surface area contributed by atoms with Crippen LogP contribution in [0.2, 0.25) is 0 Å². The van der Waals surface area contributed by atoms with Gasteiger partial charge in [0.2, 0.25) is 5.91 Å². The van der Waals surface area contributed by atoms with E-state index in [2.05, 4.69) is 23.6 Å². The molecule has 0 aromatic heterocycles. The van der Waals surface area contributed by atoms with Gasteiger partial charge < -0.3 is 15.4 Å². The van der Waals surface area contributed by atoms with E-state index < -0.39 is 0 Å². The maximum absolute atomic E-state index is 11.9. The third kappa shape index (κ3) is 3.97. The van der Waals surface area contributed by atoms with Crippen LogP contribution in [-0.4, -0.2) is 25.1 Å². The summed E-state index contributed by atoms with van der Waals surface area (Å²) >= 11 is 0. The Kier molecular flexibility index (Phi) is 5.41. The molecule has 1 heterocycles. The zero-order valence-corrected chi connectivity index (χ0v) is 12.3. The van der Waals surface area contributed by atoms with Crippen molar-refractivity contribution in [3.05, 3.63) is 29.8 Å². The van der Waals surface area contributed by atoms with Crippen molar-refractivity contribution in [3.63, 3.8) is 0 Å². The Balaban J connectivity index is 1.84. The van der Waals surface area contributed by atoms with Crippen molar-refractivity contribution in [2.75, 3.05) is 13.2 Å². The average Bonchev–Trinajstić information content (AvgIpc) is 2.45. The van der Waals surface area contributed by atoms with Crippen molar-refractivity contribution < 1.29 is 9.53 Å². The highest BCUT2D eigenvalue weighted by Gasteiger charge is 2.21. The largest absolute Gasteiger partial charge is 0.493 e. The zero-order valence-electron chi connectivity index (χ0n) is 12.3. The Labute approximate surface area is 120 Å². The number of amides is 1. The average molecular weight is 276 g/mol. The van der Waals surface area contributed by atoms with Crippen molar-refractivity contribution in [1.29, 1.82) is 0 Å². The van der Waals surface area contributed by atoms with Crippen molar-refractivity contribution in [2.45, 2.75) is 45.2 Å². The van der Waals surface area contributed by atoms with Crippen LogP contribution in [0.4, 0.5) is 0 Å². The van der Waals surface area contributed by atoms with E-state index in [1.807, 2.05) is 25.1 Å². The van der Waals surface area contributed by atoms with Gasteiger partial charge in [-0.05, 0) is 19.4 Å². The van der Waals surface area contributed by atoms with E-state index in [4.69, 9.17) is 4.74 Å². The van der Waals surface area contributed by atoms with E-state index in [1.165, 1.54) is 0 Å². The molecule has 1 amide bonds. The molecule has 2 N–H and O–H groups in total. The molecule has 4 heteroatoms. The van der Waals surface area contributed by atoms with Crippen LogP contribution in [0.15, 0.2) is 24.3 Å². The highest BCUT2D eigenvalue weighted by molar-refractivity contribution is 5.78. The molecule has 0 radical (unpaired) electrons.